The van der Waals surface area contributed by atoms with E-state index in [2.05, 4.69) is 5.32 Å². The molecule has 0 saturated heterocycles. The van der Waals surface area contributed by atoms with Crippen LogP contribution in [0, 0.1) is 0 Å². The third-order valence-corrected chi connectivity index (χ3v) is 1.34. The average Bonchev–Trinajstić information content (AvgIpc) is 2.03. The van der Waals surface area contributed by atoms with Crippen LogP contribution in [-0.2, 0) is 9.59 Å². The lowest BCUT2D eigenvalue weighted by molar-refractivity contribution is -0.140. The van der Waals surface area contributed by atoms with Crippen molar-refractivity contribution < 1.29 is 21.2 Å². The molecule has 0 aromatic rings. The Bertz CT molecular complexity index is 185. The molecule has 5 heteroatoms. The van der Waals surface area contributed by atoms with Gasteiger partial charge in [0.1, 0.15) is 6.04 Å². The van der Waals surface area contributed by atoms with Crippen LogP contribution < -0.4 is 5.32 Å². The Balaban J connectivity index is 3.80. The van der Waals surface area contributed by atoms with E-state index >= 15 is 0 Å². The molecule has 0 amide bonds. The molecular weight excluding hydrogens is 162 g/mol. The molecule has 0 heterocycles. The van der Waals surface area contributed by atoms with Crippen LogP contribution in [0.3, 0.4) is 0 Å². The van der Waals surface area contributed by atoms with Crippen LogP contribution in [-0.4, -0.2) is 34.7 Å². The Labute approximate surface area is 71.8 Å². The summed E-state index contributed by atoms with van der Waals surface area (Å²) in [6, 6.07) is -0.860. The number of carboxylic acids is 2. The van der Waals surface area contributed by atoms with Crippen molar-refractivity contribution in [2.45, 2.75) is 25.8 Å². The van der Waals surface area contributed by atoms with Gasteiger partial charge >= 0.3 is 11.9 Å². The number of likely N-dealkylation sites (N-methyl/N-ethyl adjacent to an activating group) is 1. The van der Waals surface area contributed by atoms with E-state index in [-0.39, 0.29) is 26.3 Å². The molecule has 0 aliphatic heterocycles. The summed E-state index contributed by atoms with van der Waals surface area (Å²) in [6.45, 7) is 0.341. The molecule has 0 rings (SSSR count). The number of carbonyl (C=O) groups is 2. The summed E-state index contributed by atoms with van der Waals surface area (Å²) in [5.74, 6) is -2.09. The zero-order valence-corrected chi connectivity index (χ0v) is 6.62. The van der Waals surface area contributed by atoms with Crippen molar-refractivity contribution in [2.75, 3.05) is 6.54 Å². The summed E-state index contributed by atoms with van der Waals surface area (Å²) < 4.78 is 6.78. The van der Waals surface area contributed by atoms with Gasteiger partial charge in [-0.2, -0.15) is 0 Å². The lowest BCUT2D eigenvalue weighted by atomic mass is 10.1. The van der Waals surface area contributed by atoms with E-state index in [4.69, 9.17) is 11.6 Å². The quantitative estimate of drug-likeness (QED) is 0.526. The zero-order valence-electron chi connectivity index (χ0n) is 7.62. The van der Waals surface area contributed by atoms with Gasteiger partial charge in [-0.25, -0.2) is 0 Å². The molecule has 0 aromatic heterocycles. The molecule has 5 nitrogen and oxygen atoms in total. The summed E-state index contributed by atoms with van der Waals surface area (Å²) in [4.78, 5) is 20.6. The highest BCUT2D eigenvalue weighted by atomic mass is 16.4. The second kappa shape index (κ2) is 5.54. The number of carboxylic acid groups (broad SMARTS) is 2. The Hall–Kier alpha value is -1.10. The summed E-state index contributed by atoms with van der Waals surface area (Å²) in [6.07, 6.45) is -0.132. The average molecular weight is 176 g/mol. The second-order valence-corrected chi connectivity index (χ2v) is 2.28. The molecule has 70 valence electrons. The topological polar surface area (TPSA) is 86.6 Å². The molecule has 3 N–H and O–H groups in total. The van der Waals surface area contributed by atoms with Crippen molar-refractivity contribution >= 4 is 11.9 Å². The van der Waals surface area contributed by atoms with E-state index < -0.39 is 18.0 Å². The van der Waals surface area contributed by atoms with Crippen LogP contribution in [0.1, 0.15) is 21.1 Å². The fourth-order valence-electron chi connectivity index (χ4n) is 0.755. The molecule has 0 aliphatic carbocycles. The van der Waals surface area contributed by atoms with Crippen molar-refractivity contribution in [3.05, 3.63) is 0 Å². The van der Waals surface area contributed by atoms with Crippen molar-refractivity contribution in [2.24, 2.45) is 0 Å². The fourth-order valence-corrected chi connectivity index (χ4v) is 0.755. The maximum atomic E-state index is 10.5. The van der Waals surface area contributed by atoms with Gasteiger partial charge in [0.15, 0.2) is 0 Å². The van der Waals surface area contributed by atoms with Crippen molar-refractivity contribution in [3.8, 4) is 0 Å². The molecule has 12 heavy (non-hydrogen) atoms. The number of hydrogen-bond acceptors (Lipinski definition) is 3. The van der Waals surface area contributed by atoms with E-state index in [1.54, 1.807) is 0 Å². The van der Waals surface area contributed by atoms with Crippen molar-refractivity contribution in [3.63, 3.8) is 0 Å². The highest BCUT2D eigenvalue weighted by Gasteiger charge is 2.16. The minimum atomic E-state index is -1.07. The first-order valence-corrected chi connectivity index (χ1v) is 3.55. The Morgan fingerprint density at radius 1 is 1.58 bits per heavy atom. The number of hydrogen-bond donors (Lipinski definition) is 3. The molecule has 1 atom stereocenters. The lowest BCUT2D eigenvalue weighted by Gasteiger charge is -2.10. The van der Waals surface area contributed by atoms with Crippen LogP contribution in [0.5, 0.6) is 0 Å². The first-order chi connectivity index (χ1) is 6.07. The third-order valence-electron chi connectivity index (χ3n) is 1.34. The zero-order chi connectivity index (χ0) is 10.3. The van der Waals surface area contributed by atoms with Gasteiger partial charge in [0.05, 0.1) is 0 Å². The predicted octanol–water partition coefficient (Wildman–Crippen LogP) is -0.0861. The number of nitrogens with one attached hydrogen (secondary N) is 1. The summed E-state index contributed by atoms with van der Waals surface area (Å²) >= 11 is 0. The second-order valence-electron chi connectivity index (χ2n) is 2.28. The Morgan fingerprint density at radius 2 is 2.25 bits per heavy atom. The van der Waals surface area contributed by atoms with Crippen LogP contribution >= 0.6 is 0 Å². The fraction of sp³-hybridized carbons (Fsp3) is 0.714. The highest BCUT2D eigenvalue weighted by molar-refractivity contribution is 5.75. The van der Waals surface area contributed by atoms with Gasteiger partial charge in [0.25, 0.3) is 0 Å². The first-order valence-electron chi connectivity index (χ1n) is 4.26. The maximum Gasteiger partial charge on any atom is 0.320 e. The van der Waals surface area contributed by atoms with E-state index in [9.17, 15) is 9.59 Å². The smallest absolute Gasteiger partial charge is 0.320 e. The first kappa shape index (κ1) is 8.99. The lowest BCUT2D eigenvalue weighted by Crippen LogP contribution is -2.36. The maximum absolute atomic E-state index is 10.5. The Morgan fingerprint density at radius 3 is 2.67 bits per heavy atom. The van der Waals surface area contributed by atoms with Gasteiger partial charge in [-0.15, -0.1) is 0 Å². The molecule has 0 spiro atoms. The molecule has 0 unspecified atom stereocenters. The molecule has 0 fully saturated rings. The highest BCUT2D eigenvalue weighted by Crippen LogP contribution is 1.97. The molecule has 0 bridgehead atoms. The predicted molar refractivity (Wildman–Crippen MR) is 42.0 cm³/mol. The van der Waals surface area contributed by atoms with Crippen molar-refractivity contribution in [1.82, 2.24) is 5.32 Å². The van der Waals surface area contributed by atoms with E-state index in [0.717, 1.165) is 0 Å². The normalized spacial score (nSPS) is 13.5. The largest absolute Gasteiger partial charge is 0.481 e. The summed E-state index contributed by atoms with van der Waals surface area (Å²) in [5.41, 5.74) is 0. The minimum Gasteiger partial charge on any atom is -0.481 e. The van der Waals surface area contributed by atoms with E-state index in [1.165, 1.54) is 0 Å². The van der Waals surface area contributed by atoms with E-state index in [0.29, 0.717) is 0 Å². The SMILES string of the molecule is [2H]CCN[C@@H](CCC(=O)O)C(=O)O. The minimum absolute atomic E-state index is 0.0463. The van der Waals surface area contributed by atoms with Gasteiger partial charge in [-0.1, -0.05) is 6.90 Å². The van der Waals surface area contributed by atoms with Gasteiger partial charge in [0, 0.05) is 7.79 Å². The van der Waals surface area contributed by atoms with Gasteiger partial charge in [-0.3, -0.25) is 9.59 Å². The standard InChI is InChI=1S/C7H13NO4/c1-2-8-5(7(11)12)3-4-6(9)10/h5,8H,2-4H2,1H3,(H,9,10)(H,11,12)/t5-/m0/s1/i1D. The molecule has 0 radical (unpaired) electrons. The van der Waals surface area contributed by atoms with Gasteiger partial charge in [-0.05, 0) is 13.0 Å². The molecule has 0 saturated carbocycles. The monoisotopic (exact) mass is 176 g/mol. The van der Waals surface area contributed by atoms with Crippen LogP contribution in [0.25, 0.3) is 0 Å². The van der Waals surface area contributed by atoms with Crippen LogP contribution in [0.2, 0.25) is 0 Å². The van der Waals surface area contributed by atoms with Gasteiger partial charge < -0.3 is 15.5 Å². The molecule has 0 aromatic carbocycles. The number of aliphatic carboxylic acids is 2. The third kappa shape index (κ3) is 4.68. The van der Waals surface area contributed by atoms with Crippen LogP contribution in [0.15, 0.2) is 0 Å². The Kier molecular flexibility index (Phi) is 4.15. The summed E-state index contributed by atoms with van der Waals surface area (Å²) in [7, 11) is 0. The van der Waals surface area contributed by atoms with Gasteiger partial charge in [0.2, 0.25) is 0 Å². The van der Waals surface area contributed by atoms with Crippen molar-refractivity contribution in [1.29, 1.82) is 0 Å². The molecular formula is C7H13NO4. The molecule has 0 aliphatic rings. The van der Waals surface area contributed by atoms with Crippen LogP contribution in [0.4, 0.5) is 0 Å². The summed E-state index contributed by atoms with van der Waals surface area (Å²) in [5, 5.41) is 19.5. The number of rotatable bonds is 6. The van der Waals surface area contributed by atoms with E-state index in [1.807, 2.05) is 0 Å².